The van der Waals surface area contributed by atoms with Crippen LogP contribution in [-0.4, -0.2) is 18.4 Å². The van der Waals surface area contributed by atoms with Crippen molar-refractivity contribution in [2.45, 2.75) is 13.0 Å². The van der Waals surface area contributed by atoms with E-state index < -0.39 is 6.04 Å². The highest BCUT2D eigenvalue weighted by atomic mass is 79.9. The maximum Gasteiger partial charge on any atom is 0.251 e. The van der Waals surface area contributed by atoms with Gasteiger partial charge in [0.05, 0.1) is 29.5 Å². The third kappa shape index (κ3) is 2.62. The lowest BCUT2D eigenvalue weighted by Gasteiger charge is -2.31. The first kappa shape index (κ1) is 15.9. The monoisotopic (exact) mass is 397 g/mol. The Labute approximate surface area is 153 Å². The van der Waals surface area contributed by atoms with E-state index in [1.807, 2.05) is 48.5 Å². The number of carbonyl (C=O) groups is 2. The Morgan fingerprint density at radius 1 is 1.16 bits per heavy atom. The molecule has 2 aromatic rings. The first-order chi connectivity index (χ1) is 12.1. The van der Waals surface area contributed by atoms with Gasteiger partial charge in [0, 0.05) is 17.1 Å². The SMILES string of the molecule is CC(=O)N1c2ccccc2NC2=C(C(=O)NC2)C1c1ccc(Br)cc1. The molecule has 0 radical (unpaired) electrons. The molecule has 0 aromatic heterocycles. The van der Waals surface area contributed by atoms with Crippen LogP contribution in [0, 0.1) is 0 Å². The summed E-state index contributed by atoms with van der Waals surface area (Å²) in [5, 5.41) is 6.21. The zero-order chi connectivity index (χ0) is 17.6. The molecule has 0 saturated carbocycles. The molecule has 1 atom stereocenters. The fourth-order valence-electron chi connectivity index (χ4n) is 3.43. The third-order valence-corrected chi connectivity index (χ3v) is 5.03. The van der Waals surface area contributed by atoms with Crippen molar-refractivity contribution in [3.8, 4) is 0 Å². The summed E-state index contributed by atoms with van der Waals surface area (Å²) < 4.78 is 0.947. The molecule has 2 aromatic carbocycles. The van der Waals surface area contributed by atoms with E-state index in [4.69, 9.17) is 0 Å². The fourth-order valence-corrected chi connectivity index (χ4v) is 3.69. The van der Waals surface area contributed by atoms with Gasteiger partial charge in [0.25, 0.3) is 5.91 Å². The molecule has 25 heavy (non-hydrogen) atoms. The van der Waals surface area contributed by atoms with Crippen LogP contribution in [0.5, 0.6) is 0 Å². The number of hydrogen-bond donors (Lipinski definition) is 2. The largest absolute Gasteiger partial charge is 0.355 e. The molecule has 1 unspecified atom stereocenters. The number of halogens is 1. The van der Waals surface area contributed by atoms with Gasteiger partial charge in [0.2, 0.25) is 5.91 Å². The predicted octanol–water partition coefficient (Wildman–Crippen LogP) is 3.35. The standard InChI is InChI=1S/C19H16BrN3O2/c1-11(24)23-16-5-3-2-4-14(16)22-15-10-21-19(25)17(15)18(23)12-6-8-13(20)9-7-12/h2-9,18,22H,10H2,1H3,(H,21,25). The Morgan fingerprint density at radius 3 is 2.60 bits per heavy atom. The lowest BCUT2D eigenvalue weighted by molar-refractivity contribution is -0.117. The van der Waals surface area contributed by atoms with Crippen LogP contribution in [-0.2, 0) is 9.59 Å². The molecule has 0 aliphatic carbocycles. The van der Waals surface area contributed by atoms with Crippen LogP contribution in [0.1, 0.15) is 18.5 Å². The van der Waals surface area contributed by atoms with Crippen LogP contribution in [0.4, 0.5) is 11.4 Å². The Kier molecular flexibility index (Phi) is 3.84. The number of fused-ring (bicyclic) bond motifs is 1. The summed E-state index contributed by atoms with van der Waals surface area (Å²) in [7, 11) is 0. The summed E-state index contributed by atoms with van der Waals surface area (Å²) in [5.74, 6) is -0.259. The van der Waals surface area contributed by atoms with Crippen molar-refractivity contribution in [2.24, 2.45) is 0 Å². The molecule has 126 valence electrons. The van der Waals surface area contributed by atoms with Crippen molar-refractivity contribution >= 4 is 39.1 Å². The summed E-state index contributed by atoms with van der Waals surface area (Å²) in [6, 6.07) is 14.9. The molecule has 2 aliphatic rings. The number of hydrogen-bond acceptors (Lipinski definition) is 3. The zero-order valence-corrected chi connectivity index (χ0v) is 15.1. The molecular formula is C19H16BrN3O2. The van der Waals surface area contributed by atoms with Crippen molar-refractivity contribution in [3.05, 3.63) is 69.8 Å². The molecule has 6 heteroatoms. The number of rotatable bonds is 1. The van der Waals surface area contributed by atoms with Gasteiger partial charge in [-0.05, 0) is 29.8 Å². The minimum Gasteiger partial charge on any atom is -0.355 e. The second-order valence-corrected chi connectivity index (χ2v) is 6.98. The summed E-state index contributed by atoms with van der Waals surface area (Å²) in [6.07, 6.45) is 0. The highest BCUT2D eigenvalue weighted by Crippen LogP contribution is 2.42. The van der Waals surface area contributed by atoms with Gasteiger partial charge in [-0.15, -0.1) is 0 Å². The average Bonchev–Trinajstić information content (AvgIpc) is 2.87. The maximum atomic E-state index is 12.6. The van der Waals surface area contributed by atoms with E-state index in [9.17, 15) is 9.59 Å². The number of para-hydroxylation sites is 2. The Balaban J connectivity index is 1.98. The van der Waals surface area contributed by atoms with Gasteiger partial charge in [0.15, 0.2) is 0 Å². The summed E-state index contributed by atoms with van der Waals surface area (Å²) in [6.45, 7) is 1.96. The molecule has 4 rings (SSSR count). The fraction of sp³-hybridized carbons (Fsp3) is 0.158. The van der Waals surface area contributed by atoms with Gasteiger partial charge >= 0.3 is 0 Å². The molecule has 0 spiro atoms. The lowest BCUT2D eigenvalue weighted by atomic mass is 9.95. The van der Waals surface area contributed by atoms with E-state index in [0.717, 1.165) is 27.1 Å². The molecule has 0 bridgehead atoms. The third-order valence-electron chi connectivity index (χ3n) is 4.50. The Hall–Kier alpha value is -2.60. The predicted molar refractivity (Wildman–Crippen MR) is 100 cm³/mol. The number of nitrogens with zero attached hydrogens (tertiary/aromatic N) is 1. The quantitative estimate of drug-likeness (QED) is 0.775. The van der Waals surface area contributed by atoms with Crippen LogP contribution in [0.3, 0.4) is 0 Å². The van der Waals surface area contributed by atoms with E-state index in [1.165, 1.54) is 6.92 Å². The maximum absolute atomic E-state index is 12.6. The molecule has 5 nitrogen and oxygen atoms in total. The number of nitrogens with one attached hydrogen (secondary N) is 2. The van der Waals surface area contributed by atoms with Crippen molar-refractivity contribution in [3.63, 3.8) is 0 Å². The van der Waals surface area contributed by atoms with Gasteiger partial charge < -0.3 is 10.6 Å². The molecule has 0 fully saturated rings. The van der Waals surface area contributed by atoms with Gasteiger partial charge in [-0.3, -0.25) is 14.5 Å². The first-order valence-corrected chi connectivity index (χ1v) is 8.78. The Bertz CT molecular complexity index is 905. The van der Waals surface area contributed by atoms with Gasteiger partial charge in [-0.1, -0.05) is 40.2 Å². The molecule has 2 amide bonds. The first-order valence-electron chi connectivity index (χ1n) is 7.99. The van der Waals surface area contributed by atoms with Gasteiger partial charge in [-0.25, -0.2) is 0 Å². The number of carbonyl (C=O) groups excluding carboxylic acids is 2. The average molecular weight is 398 g/mol. The van der Waals surface area contributed by atoms with Gasteiger partial charge in [0.1, 0.15) is 0 Å². The summed E-state index contributed by atoms with van der Waals surface area (Å²) in [5.41, 5.74) is 3.88. The number of amides is 2. The molecule has 0 saturated heterocycles. The van der Waals surface area contributed by atoms with E-state index in [-0.39, 0.29) is 11.8 Å². The molecule has 2 heterocycles. The van der Waals surface area contributed by atoms with Crippen LogP contribution in [0.2, 0.25) is 0 Å². The second kappa shape index (κ2) is 6.04. The minimum atomic E-state index is -0.473. The smallest absolute Gasteiger partial charge is 0.251 e. The number of anilines is 2. The zero-order valence-electron chi connectivity index (χ0n) is 13.5. The van der Waals surface area contributed by atoms with Crippen molar-refractivity contribution in [1.29, 1.82) is 0 Å². The van der Waals surface area contributed by atoms with Crippen LogP contribution in [0.25, 0.3) is 0 Å². The Morgan fingerprint density at radius 2 is 1.88 bits per heavy atom. The van der Waals surface area contributed by atoms with E-state index in [0.29, 0.717) is 12.1 Å². The topological polar surface area (TPSA) is 61.4 Å². The van der Waals surface area contributed by atoms with E-state index in [2.05, 4.69) is 26.6 Å². The second-order valence-electron chi connectivity index (χ2n) is 6.06. The van der Waals surface area contributed by atoms with Crippen LogP contribution in [0.15, 0.2) is 64.3 Å². The van der Waals surface area contributed by atoms with Crippen LogP contribution >= 0.6 is 15.9 Å². The van der Waals surface area contributed by atoms with Crippen molar-refractivity contribution in [2.75, 3.05) is 16.8 Å². The normalized spacial score (nSPS) is 18.9. The number of benzene rings is 2. The van der Waals surface area contributed by atoms with E-state index in [1.54, 1.807) is 4.90 Å². The minimum absolute atomic E-state index is 0.115. The summed E-state index contributed by atoms with van der Waals surface area (Å²) >= 11 is 3.44. The highest BCUT2D eigenvalue weighted by Gasteiger charge is 2.39. The molecule has 2 aliphatic heterocycles. The van der Waals surface area contributed by atoms with E-state index >= 15 is 0 Å². The van der Waals surface area contributed by atoms with Crippen LogP contribution < -0.4 is 15.5 Å². The summed E-state index contributed by atoms with van der Waals surface area (Å²) in [4.78, 5) is 26.9. The van der Waals surface area contributed by atoms with Crippen molar-refractivity contribution in [1.82, 2.24) is 5.32 Å². The lowest BCUT2D eigenvalue weighted by Crippen LogP contribution is -2.36. The van der Waals surface area contributed by atoms with Gasteiger partial charge in [-0.2, -0.15) is 0 Å². The molecule has 2 N–H and O–H groups in total. The van der Waals surface area contributed by atoms with Crippen molar-refractivity contribution < 1.29 is 9.59 Å². The highest BCUT2D eigenvalue weighted by molar-refractivity contribution is 9.10. The molecular weight excluding hydrogens is 382 g/mol.